The van der Waals surface area contributed by atoms with Crippen LogP contribution < -0.4 is 0 Å². The lowest BCUT2D eigenvalue weighted by Gasteiger charge is -2.31. The van der Waals surface area contributed by atoms with Crippen molar-refractivity contribution in [2.45, 2.75) is 51.9 Å². The number of Topliss-reactive ketones (excluding diaryl/α,β-unsaturated/α-hetero) is 1. The Kier molecular flexibility index (Phi) is 7.84. The minimum atomic E-state index is -3.01. The maximum Gasteiger partial charge on any atom is 0.434 e. The fraction of sp³-hybridized carbons (Fsp3) is 0.364. The van der Waals surface area contributed by atoms with Gasteiger partial charge in [0.15, 0.2) is 5.78 Å². The normalized spacial score (nSPS) is 12.5. The van der Waals surface area contributed by atoms with E-state index in [0.717, 1.165) is 0 Å². The summed E-state index contributed by atoms with van der Waals surface area (Å²) in [6.07, 6.45) is -4.68. The quantitative estimate of drug-likeness (QED) is 0.444. The van der Waals surface area contributed by atoms with Crippen molar-refractivity contribution < 1.29 is 27.9 Å². The molecule has 0 aliphatic rings. The first-order valence-corrected chi connectivity index (χ1v) is 9.23. The average Bonchev–Trinajstić information content (AvgIpc) is 2.67. The van der Waals surface area contributed by atoms with Gasteiger partial charge in [-0.15, -0.1) is 0 Å². The Morgan fingerprint density at radius 2 is 1.52 bits per heavy atom. The summed E-state index contributed by atoms with van der Waals surface area (Å²) in [5.74, 6) is -0.521. The number of ether oxygens (including phenoxy) is 1. The number of benzene rings is 2. The second-order valence-electron chi connectivity index (χ2n) is 7.46. The first kappa shape index (κ1) is 22.5. The average molecular weight is 405 g/mol. The van der Waals surface area contributed by atoms with Crippen LogP contribution in [0.5, 0.6) is 0 Å². The van der Waals surface area contributed by atoms with Crippen molar-refractivity contribution in [1.29, 1.82) is 0 Å². The van der Waals surface area contributed by atoms with Crippen LogP contribution in [0, 0.1) is 0 Å². The van der Waals surface area contributed by atoms with Crippen molar-refractivity contribution in [3.8, 4) is 0 Å². The van der Waals surface area contributed by atoms with E-state index in [4.69, 9.17) is 9.57 Å². The van der Waals surface area contributed by atoms with Crippen LogP contribution in [0.1, 0.15) is 43.1 Å². The number of carbonyl (C=O) groups is 2. The number of nitrogens with zero attached hydrogens (tertiary/aromatic N) is 1. The SMILES string of the molecule is CC(C)(C)OC(=O)N(OCc1ccccc1)[C@@H](CC(=O)c1ccccc1)C(F)F. The van der Waals surface area contributed by atoms with Crippen molar-refractivity contribution in [1.82, 2.24) is 5.06 Å². The predicted octanol–water partition coefficient (Wildman–Crippen LogP) is 5.26. The van der Waals surface area contributed by atoms with Gasteiger partial charge in [-0.25, -0.2) is 13.6 Å². The molecule has 2 aromatic rings. The second kappa shape index (κ2) is 10.1. The van der Waals surface area contributed by atoms with Crippen molar-refractivity contribution in [3.05, 3.63) is 71.8 Å². The Hall–Kier alpha value is -2.80. The van der Waals surface area contributed by atoms with Crippen LogP contribution in [-0.2, 0) is 16.2 Å². The van der Waals surface area contributed by atoms with E-state index in [0.29, 0.717) is 10.6 Å². The Morgan fingerprint density at radius 1 is 0.966 bits per heavy atom. The van der Waals surface area contributed by atoms with Crippen LogP contribution in [0.4, 0.5) is 13.6 Å². The Morgan fingerprint density at radius 3 is 2.03 bits per heavy atom. The zero-order chi connectivity index (χ0) is 21.4. The lowest BCUT2D eigenvalue weighted by atomic mass is 10.0. The highest BCUT2D eigenvalue weighted by atomic mass is 19.3. The molecule has 7 heteroatoms. The summed E-state index contributed by atoms with van der Waals surface area (Å²) in [4.78, 5) is 30.5. The van der Waals surface area contributed by atoms with Crippen LogP contribution in [0.15, 0.2) is 60.7 Å². The third kappa shape index (κ3) is 7.27. The summed E-state index contributed by atoms with van der Waals surface area (Å²) in [5, 5.41) is 0.490. The van der Waals surface area contributed by atoms with Gasteiger partial charge in [-0.2, -0.15) is 5.06 Å². The maximum absolute atomic E-state index is 13.9. The summed E-state index contributed by atoms with van der Waals surface area (Å²) in [6, 6.07) is 15.1. The van der Waals surface area contributed by atoms with Gasteiger partial charge in [0.05, 0.1) is 0 Å². The van der Waals surface area contributed by atoms with Gasteiger partial charge in [0.1, 0.15) is 18.2 Å². The lowest BCUT2D eigenvalue weighted by Crippen LogP contribution is -2.47. The summed E-state index contributed by atoms with van der Waals surface area (Å²) in [6.45, 7) is 4.73. The van der Waals surface area contributed by atoms with Gasteiger partial charge < -0.3 is 4.74 Å². The van der Waals surface area contributed by atoms with E-state index in [-0.39, 0.29) is 12.2 Å². The number of carbonyl (C=O) groups excluding carboxylic acids is 2. The zero-order valence-corrected chi connectivity index (χ0v) is 16.7. The highest BCUT2D eigenvalue weighted by molar-refractivity contribution is 5.96. The number of amides is 1. The minimum absolute atomic E-state index is 0.122. The molecule has 0 heterocycles. The van der Waals surface area contributed by atoms with E-state index in [1.54, 1.807) is 69.3 Å². The van der Waals surface area contributed by atoms with E-state index >= 15 is 0 Å². The molecule has 0 unspecified atom stereocenters. The molecule has 0 N–H and O–H groups in total. The highest BCUT2D eigenvalue weighted by Gasteiger charge is 2.37. The number of hydrogen-bond acceptors (Lipinski definition) is 4. The van der Waals surface area contributed by atoms with Crippen LogP contribution >= 0.6 is 0 Å². The number of alkyl halides is 2. The molecule has 29 heavy (non-hydrogen) atoms. The molecule has 0 spiro atoms. The molecule has 156 valence electrons. The number of hydroxylamine groups is 2. The predicted molar refractivity (Wildman–Crippen MR) is 104 cm³/mol. The Bertz CT molecular complexity index is 791. The standard InChI is InChI=1S/C22H25F2NO4/c1-22(2,3)29-21(27)25(28-15-16-10-6-4-7-11-16)18(20(23)24)14-19(26)17-12-8-5-9-13-17/h4-13,18,20H,14-15H2,1-3H3/t18-/m0/s1. The summed E-state index contributed by atoms with van der Waals surface area (Å²) < 4.78 is 32.9. The van der Waals surface area contributed by atoms with E-state index in [2.05, 4.69) is 0 Å². The molecule has 0 radical (unpaired) electrons. The fourth-order valence-electron chi connectivity index (χ4n) is 2.52. The van der Waals surface area contributed by atoms with Gasteiger partial charge in [-0.05, 0) is 26.3 Å². The number of rotatable bonds is 8. The highest BCUT2D eigenvalue weighted by Crippen LogP contribution is 2.22. The molecular weight excluding hydrogens is 380 g/mol. The molecule has 2 aromatic carbocycles. The van der Waals surface area contributed by atoms with Crippen LogP contribution in [0.25, 0.3) is 0 Å². The molecule has 0 saturated heterocycles. The number of ketones is 1. The van der Waals surface area contributed by atoms with Crippen molar-refractivity contribution in [3.63, 3.8) is 0 Å². The number of halogens is 2. The molecule has 0 aliphatic heterocycles. The van der Waals surface area contributed by atoms with E-state index in [9.17, 15) is 18.4 Å². The van der Waals surface area contributed by atoms with E-state index in [1.165, 1.54) is 12.1 Å². The van der Waals surface area contributed by atoms with Gasteiger partial charge in [-0.1, -0.05) is 60.7 Å². The first-order valence-electron chi connectivity index (χ1n) is 9.23. The van der Waals surface area contributed by atoms with Gasteiger partial charge in [0.25, 0.3) is 6.43 Å². The molecule has 2 rings (SSSR count). The van der Waals surface area contributed by atoms with Crippen molar-refractivity contribution in [2.75, 3.05) is 0 Å². The molecule has 0 fully saturated rings. The van der Waals surface area contributed by atoms with E-state index in [1.807, 2.05) is 0 Å². The first-order chi connectivity index (χ1) is 13.7. The third-order valence-electron chi connectivity index (χ3n) is 3.87. The topological polar surface area (TPSA) is 55.8 Å². The Balaban J connectivity index is 2.23. The molecular formula is C22H25F2NO4. The third-order valence-corrected chi connectivity index (χ3v) is 3.87. The van der Waals surface area contributed by atoms with Crippen LogP contribution in [-0.4, -0.2) is 35.0 Å². The molecule has 5 nitrogen and oxygen atoms in total. The molecule has 0 aliphatic carbocycles. The summed E-state index contributed by atoms with van der Waals surface area (Å²) in [5.41, 5.74) is 0.0514. The molecule has 0 aromatic heterocycles. The Labute approximate surface area is 169 Å². The smallest absolute Gasteiger partial charge is 0.434 e. The molecule has 0 saturated carbocycles. The summed E-state index contributed by atoms with van der Waals surface area (Å²) >= 11 is 0. The minimum Gasteiger partial charge on any atom is -0.442 e. The fourth-order valence-corrected chi connectivity index (χ4v) is 2.52. The van der Waals surface area contributed by atoms with Crippen molar-refractivity contribution in [2.24, 2.45) is 0 Å². The van der Waals surface area contributed by atoms with Gasteiger partial charge in [0, 0.05) is 12.0 Å². The van der Waals surface area contributed by atoms with Crippen LogP contribution in [0.3, 0.4) is 0 Å². The maximum atomic E-state index is 13.9. The van der Waals surface area contributed by atoms with Gasteiger partial charge >= 0.3 is 6.09 Å². The monoisotopic (exact) mass is 405 g/mol. The van der Waals surface area contributed by atoms with Crippen LogP contribution in [0.2, 0.25) is 0 Å². The van der Waals surface area contributed by atoms with E-state index < -0.39 is 36.4 Å². The molecule has 1 amide bonds. The van der Waals surface area contributed by atoms with Gasteiger partial charge in [-0.3, -0.25) is 9.63 Å². The lowest BCUT2D eigenvalue weighted by molar-refractivity contribution is -0.200. The zero-order valence-electron chi connectivity index (χ0n) is 16.7. The number of hydrogen-bond donors (Lipinski definition) is 0. The van der Waals surface area contributed by atoms with Crippen molar-refractivity contribution >= 4 is 11.9 Å². The molecule has 0 bridgehead atoms. The summed E-state index contributed by atoms with van der Waals surface area (Å²) in [7, 11) is 0. The second-order valence-corrected chi connectivity index (χ2v) is 7.46. The molecule has 1 atom stereocenters. The van der Waals surface area contributed by atoms with Gasteiger partial charge in [0.2, 0.25) is 0 Å². The largest absolute Gasteiger partial charge is 0.442 e.